The summed E-state index contributed by atoms with van der Waals surface area (Å²) in [5, 5.41) is 2.75. The summed E-state index contributed by atoms with van der Waals surface area (Å²) in [4.78, 5) is 25.4. The highest BCUT2D eigenvalue weighted by Gasteiger charge is 2.33. The summed E-state index contributed by atoms with van der Waals surface area (Å²) in [7, 11) is 1.57. The predicted molar refractivity (Wildman–Crippen MR) is 74.8 cm³/mol. The highest BCUT2D eigenvalue weighted by atomic mass is 19.1. The summed E-state index contributed by atoms with van der Waals surface area (Å²) in [5.41, 5.74) is 0.698. The second-order valence-corrected chi connectivity index (χ2v) is 5.08. The molecule has 0 saturated carbocycles. The second-order valence-electron chi connectivity index (χ2n) is 5.08. The fraction of sp³-hybridized carbons (Fsp3) is 0.467. The van der Waals surface area contributed by atoms with Gasteiger partial charge in [0.15, 0.2) is 0 Å². The number of carbonyl (C=O) groups excluding carboxylic acids is 2. The second kappa shape index (κ2) is 7.17. The fourth-order valence-corrected chi connectivity index (χ4v) is 2.35. The molecule has 21 heavy (non-hydrogen) atoms. The number of amides is 2. The lowest BCUT2D eigenvalue weighted by molar-refractivity contribution is -0.129. The van der Waals surface area contributed by atoms with Crippen molar-refractivity contribution in [3.8, 4) is 0 Å². The number of hydrogen-bond acceptors (Lipinski definition) is 3. The average molecular weight is 294 g/mol. The highest BCUT2D eigenvalue weighted by molar-refractivity contribution is 5.89. The smallest absolute Gasteiger partial charge is 0.225 e. The SMILES string of the molecule is COCCN1CC(C(=O)NCc2cccc(F)c2)CC1=O. The lowest BCUT2D eigenvalue weighted by Gasteiger charge is -2.15. The van der Waals surface area contributed by atoms with Crippen molar-refractivity contribution >= 4 is 11.8 Å². The minimum atomic E-state index is -0.345. The molecule has 1 unspecified atom stereocenters. The van der Waals surface area contributed by atoms with Gasteiger partial charge in [0.1, 0.15) is 5.82 Å². The zero-order valence-corrected chi connectivity index (χ0v) is 12.0. The summed E-state index contributed by atoms with van der Waals surface area (Å²) in [6, 6.07) is 6.08. The molecule has 1 saturated heterocycles. The normalized spacial score (nSPS) is 18.1. The summed E-state index contributed by atoms with van der Waals surface area (Å²) < 4.78 is 18.0. The lowest BCUT2D eigenvalue weighted by Crippen LogP contribution is -2.33. The third-order valence-corrected chi connectivity index (χ3v) is 3.51. The number of hydrogen-bond donors (Lipinski definition) is 1. The number of ether oxygens (including phenoxy) is 1. The first kappa shape index (κ1) is 15.4. The van der Waals surface area contributed by atoms with Crippen LogP contribution < -0.4 is 5.32 Å². The molecule has 1 N–H and O–H groups in total. The van der Waals surface area contributed by atoms with Crippen molar-refractivity contribution < 1.29 is 18.7 Å². The standard InChI is InChI=1S/C15H19FN2O3/c1-21-6-5-18-10-12(8-14(18)19)15(20)17-9-11-3-2-4-13(16)7-11/h2-4,7,12H,5-6,8-10H2,1H3,(H,17,20). The number of nitrogens with zero attached hydrogens (tertiary/aromatic N) is 1. The molecule has 5 nitrogen and oxygen atoms in total. The van der Waals surface area contributed by atoms with Crippen LogP contribution in [0.5, 0.6) is 0 Å². The van der Waals surface area contributed by atoms with Crippen molar-refractivity contribution in [2.75, 3.05) is 26.8 Å². The van der Waals surface area contributed by atoms with E-state index in [1.54, 1.807) is 24.1 Å². The van der Waals surface area contributed by atoms with Crippen LogP contribution in [0.3, 0.4) is 0 Å². The molecule has 114 valence electrons. The van der Waals surface area contributed by atoms with Crippen LogP contribution in [0.25, 0.3) is 0 Å². The van der Waals surface area contributed by atoms with Crippen molar-refractivity contribution in [2.45, 2.75) is 13.0 Å². The Hall–Kier alpha value is -1.95. The van der Waals surface area contributed by atoms with Crippen molar-refractivity contribution in [1.29, 1.82) is 0 Å². The number of nitrogens with one attached hydrogen (secondary N) is 1. The number of halogens is 1. The van der Waals surface area contributed by atoms with Crippen LogP contribution in [0.2, 0.25) is 0 Å². The minimum absolute atomic E-state index is 0.0297. The largest absolute Gasteiger partial charge is 0.383 e. The molecule has 6 heteroatoms. The van der Waals surface area contributed by atoms with E-state index < -0.39 is 0 Å². The maximum atomic E-state index is 13.0. The molecule has 0 radical (unpaired) electrons. The Labute approximate surface area is 123 Å². The van der Waals surface area contributed by atoms with Crippen molar-refractivity contribution in [2.24, 2.45) is 5.92 Å². The van der Waals surface area contributed by atoms with Crippen molar-refractivity contribution in [3.05, 3.63) is 35.6 Å². The Morgan fingerprint density at radius 1 is 1.52 bits per heavy atom. The number of likely N-dealkylation sites (tertiary alicyclic amines) is 1. The molecule has 0 aliphatic carbocycles. The number of rotatable bonds is 6. The van der Waals surface area contributed by atoms with Gasteiger partial charge in [-0.3, -0.25) is 9.59 Å². The molecule has 2 rings (SSSR count). The molecule has 0 bridgehead atoms. The molecule has 1 aliphatic rings. The van der Waals surface area contributed by atoms with Crippen molar-refractivity contribution in [3.63, 3.8) is 0 Å². The summed E-state index contributed by atoms with van der Waals surface area (Å²) in [5.74, 6) is -0.878. The Balaban J connectivity index is 1.83. The fourth-order valence-electron chi connectivity index (χ4n) is 2.35. The maximum absolute atomic E-state index is 13.0. The van der Waals surface area contributed by atoms with Gasteiger partial charge in [-0.2, -0.15) is 0 Å². The molecule has 2 amide bonds. The van der Waals surface area contributed by atoms with E-state index in [1.807, 2.05) is 0 Å². The Kier molecular flexibility index (Phi) is 5.27. The van der Waals surface area contributed by atoms with Gasteiger partial charge < -0.3 is 15.0 Å². The Morgan fingerprint density at radius 3 is 3.05 bits per heavy atom. The Bertz CT molecular complexity index is 521. The third-order valence-electron chi connectivity index (χ3n) is 3.51. The molecule has 1 fully saturated rings. The predicted octanol–water partition coefficient (Wildman–Crippen LogP) is 0.937. The monoisotopic (exact) mass is 294 g/mol. The van der Waals surface area contributed by atoms with Gasteiger partial charge in [0.05, 0.1) is 12.5 Å². The van der Waals surface area contributed by atoms with E-state index in [-0.39, 0.29) is 36.5 Å². The van der Waals surface area contributed by atoms with Crippen LogP contribution in [0.4, 0.5) is 4.39 Å². The zero-order chi connectivity index (χ0) is 15.2. The van der Waals surface area contributed by atoms with Crippen molar-refractivity contribution in [1.82, 2.24) is 10.2 Å². The van der Waals surface area contributed by atoms with Crippen LogP contribution in [0.15, 0.2) is 24.3 Å². The van der Waals surface area contributed by atoms with Gasteiger partial charge in [-0.15, -0.1) is 0 Å². The van der Waals surface area contributed by atoms with Crippen LogP contribution >= 0.6 is 0 Å². The topological polar surface area (TPSA) is 58.6 Å². The summed E-state index contributed by atoms with van der Waals surface area (Å²) in [6.45, 7) is 1.64. The van der Waals surface area contributed by atoms with E-state index >= 15 is 0 Å². The van der Waals surface area contributed by atoms with Gasteiger partial charge in [-0.25, -0.2) is 4.39 Å². The van der Waals surface area contributed by atoms with Crippen LogP contribution in [-0.2, 0) is 20.9 Å². The minimum Gasteiger partial charge on any atom is -0.383 e. The average Bonchev–Trinajstić information content (AvgIpc) is 2.84. The van der Waals surface area contributed by atoms with E-state index in [0.717, 1.165) is 0 Å². The van der Waals surface area contributed by atoms with Crippen LogP contribution in [-0.4, -0.2) is 43.5 Å². The lowest BCUT2D eigenvalue weighted by atomic mass is 10.1. The summed E-state index contributed by atoms with van der Waals surface area (Å²) in [6.07, 6.45) is 0.221. The van der Waals surface area contributed by atoms with E-state index in [4.69, 9.17) is 4.74 Å². The van der Waals surface area contributed by atoms with Gasteiger partial charge in [0.25, 0.3) is 0 Å². The Morgan fingerprint density at radius 2 is 2.33 bits per heavy atom. The van der Waals surface area contributed by atoms with Gasteiger partial charge >= 0.3 is 0 Å². The first-order valence-electron chi connectivity index (χ1n) is 6.89. The van der Waals surface area contributed by atoms with E-state index in [1.165, 1.54) is 12.1 Å². The molecule has 0 aromatic heterocycles. The van der Waals surface area contributed by atoms with Crippen LogP contribution in [0.1, 0.15) is 12.0 Å². The van der Waals surface area contributed by atoms with Crippen LogP contribution in [0, 0.1) is 11.7 Å². The third kappa shape index (κ3) is 4.26. The highest BCUT2D eigenvalue weighted by Crippen LogP contribution is 2.17. The molecule has 1 aromatic rings. The number of methoxy groups -OCH3 is 1. The van der Waals surface area contributed by atoms with Gasteiger partial charge in [0.2, 0.25) is 11.8 Å². The zero-order valence-electron chi connectivity index (χ0n) is 12.0. The molecular weight excluding hydrogens is 275 g/mol. The summed E-state index contributed by atoms with van der Waals surface area (Å²) >= 11 is 0. The number of carbonyl (C=O) groups is 2. The van der Waals surface area contributed by atoms with E-state index in [0.29, 0.717) is 25.3 Å². The molecule has 1 heterocycles. The molecule has 0 spiro atoms. The maximum Gasteiger partial charge on any atom is 0.225 e. The molecular formula is C15H19FN2O3. The van der Waals surface area contributed by atoms with Gasteiger partial charge in [0, 0.05) is 33.2 Å². The van der Waals surface area contributed by atoms with E-state index in [9.17, 15) is 14.0 Å². The molecule has 1 atom stereocenters. The quantitative estimate of drug-likeness (QED) is 0.849. The van der Waals surface area contributed by atoms with Gasteiger partial charge in [-0.1, -0.05) is 12.1 Å². The van der Waals surface area contributed by atoms with Gasteiger partial charge in [-0.05, 0) is 17.7 Å². The first-order chi connectivity index (χ1) is 10.1. The molecule has 1 aliphatic heterocycles. The number of benzene rings is 1. The molecule has 1 aromatic carbocycles. The first-order valence-corrected chi connectivity index (χ1v) is 6.89. The van der Waals surface area contributed by atoms with E-state index in [2.05, 4.69) is 5.32 Å².